The predicted octanol–water partition coefficient (Wildman–Crippen LogP) is 2.44. The van der Waals surface area contributed by atoms with Gasteiger partial charge in [-0.15, -0.1) is 11.8 Å². The van der Waals surface area contributed by atoms with E-state index in [0.29, 0.717) is 5.75 Å². The lowest BCUT2D eigenvalue weighted by molar-refractivity contribution is -0.113. The summed E-state index contributed by atoms with van der Waals surface area (Å²) in [6.45, 7) is 1.97. The van der Waals surface area contributed by atoms with E-state index in [1.54, 1.807) is 11.8 Å². The minimum atomic E-state index is 0.0610. The van der Waals surface area contributed by atoms with E-state index in [-0.39, 0.29) is 5.91 Å². The molecule has 3 rings (SSSR count). The predicted molar refractivity (Wildman–Crippen MR) is 72.7 cm³/mol. The normalized spacial score (nSPS) is 14.2. The summed E-state index contributed by atoms with van der Waals surface area (Å²) in [7, 11) is 1.93. The highest BCUT2D eigenvalue weighted by Gasteiger charge is 2.16. The highest BCUT2D eigenvalue weighted by Crippen LogP contribution is 2.34. The third-order valence-electron chi connectivity index (χ3n) is 2.91. The van der Waals surface area contributed by atoms with E-state index in [2.05, 4.69) is 22.5 Å². The summed E-state index contributed by atoms with van der Waals surface area (Å²) in [5.74, 6) is 0.558. The fourth-order valence-corrected chi connectivity index (χ4v) is 2.91. The topological polar surface area (TPSA) is 46.9 Å². The molecule has 4 nitrogen and oxygen atoms in total. The quantitative estimate of drug-likeness (QED) is 0.855. The molecule has 5 heteroatoms. The van der Waals surface area contributed by atoms with E-state index in [1.807, 2.05) is 30.8 Å². The van der Waals surface area contributed by atoms with Crippen LogP contribution in [0.25, 0.3) is 11.3 Å². The number of amides is 1. The second-order valence-electron chi connectivity index (χ2n) is 4.34. The van der Waals surface area contributed by atoms with Gasteiger partial charge in [0.05, 0.1) is 22.8 Å². The minimum absolute atomic E-state index is 0.0610. The van der Waals surface area contributed by atoms with E-state index >= 15 is 0 Å². The second-order valence-corrected chi connectivity index (χ2v) is 5.36. The SMILES string of the molecule is Cc1cc(-c2ccc3c(c2)NC(=O)CS3)n(C)n1. The standard InChI is InChI=1S/C13H13N3OS/c1-8-5-11(16(2)15-8)9-3-4-12-10(6-9)14-13(17)7-18-12/h3-6H,7H2,1-2H3,(H,14,17). The summed E-state index contributed by atoms with van der Waals surface area (Å²) in [5.41, 5.74) is 4.01. The Labute approximate surface area is 109 Å². The average Bonchev–Trinajstić information content (AvgIpc) is 2.67. The number of aromatic nitrogens is 2. The number of anilines is 1. The summed E-state index contributed by atoms with van der Waals surface area (Å²) in [5, 5.41) is 7.25. The van der Waals surface area contributed by atoms with Crippen molar-refractivity contribution in [2.75, 3.05) is 11.1 Å². The van der Waals surface area contributed by atoms with Crippen LogP contribution in [0.1, 0.15) is 5.69 Å². The van der Waals surface area contributed by atoms with Crippen molar-refractivity contribution in [3.8, 4) is 11.3 Å². The molecule has 0 atom stereocenters. The van der Waals surface area contributed by atoms with Gasteiger partial charge in [0.1, 0.15) is 0 Å². The first kappa shape index (κ1) is 11.3. The van der Waals surface area contributed by atoms with Crippen LogP contribution >= 0.6 is 11.8 Å². The fraction of sp³-hybridized carbons (Fsp3) is 0.231. The molecule has 0 bridgehead atoms. The summed E-state index contributed by atoms with van der Waals surface area (Å²) in [6, 6.07) is 8.17. The molecule has 1 aliphatic rings. The van der Waals surface area contributed by atoms with E-state index < -0.39 is 0 Å². The Hall–Kier alpha value is -1.75. The number of rotatable bonds is 1. The molecule has 0 unspecified atom stereocenters. The maximum absolute atomic E-state index is 11.4. The zero-order valence-corrected chi connectivity index (χ0v) is 11.0. The van der Waals surface area contributed by atoms with Gasteiger partial charge >= 0.3 is 0 Å². The lowest BCUT2D eigenvalue weighted by atomic mass is 10.1. The third-order valence-corrected chi connectivity index (χ3v) is 3.98. The van der Waals surface area contributed by atoms with Crippen LogP contribution in [0.4, 0.5) is 5.69 Å². The molecule has 0 saturated heterocycles. The third kappa shape index (κ3) is 1.90. The maximum Gasteiger partial charge on any atom is 0.234 e. The first-order valence-corrected chi connectivity index (χ1v) is 6.70. The summed E-state index contributed by atoms with van der Waals surface area (Å²) in [6.07, 6.45) is 0. The Balaban J connectivity index is 2.07. The number of hydrogen-bond donors (Lipinski definition) is 1. The lowest BCUT2D eigenvalue weighted by Crippen LogP contribution is -2.18. The van der Waals surface area contributed by atoms with Gasteiger partial charge in [0.15, 0.2) is 0 Å². The Bertz CT molecular complexity index is 633. The van der Waals surface area contributed by atoms with Crippen molar-refractivity contribution in [3.05, 3.63) is 30.0 Å². The van der Waals surface area contributed by atoms with E-state index in [1.165, 1.54) is 0 Å². The van der Waals surface area contributed by atoms with Crippen molar-refractivity contribution >= 4 is 23.4 Å². The van der Waals surface area contributed by atoms with Crippen molar-refractivity contribution in [1.29, 1.82) is 0 Å². The number of aryl methyl sites for hydroxylation is 2. The molecule has 0 aliphatic carbocycles. The number of nitrogens with zero attached hydrogens (tertiary/aromatic N) is 2. The Morgan fingerprint density at radius 2 is 2.22 bits per heavy atom. The lowest BCUT2D eigenvalue weighted by Gasteiger charge is -2.17. The molecule has 1 aromatic carbocycles. The number of carbonyl (C=O) groups excluding carboxylic acids is 1. The van der Waals surface area contributed by atoms with Crippen LogP contribution in [-0.2, 0) is 11.8 Å². The molecule has 1 aliphatic heterocycles. The van der Waals surface area contributed by atoms with Gasteiger partial charge in [-0.3, -0.25) is 9.48 Å². The Kier molecular flexibility index (Phi) is 2.63. The molecule has 1 amide bonds. The van der Waals surface area contributed by atoms with E-state index in [0.717, 1.165) is 27.5 Å². The van der Waals surface area contributed by atoms with Crippen molar-refractivity contribution in [2.24, 2.45) is 7.05 Å². The fourth-order valence-electron chi connectivity index (χ4n) is 2.12. The zero-order chi connectivity index (χ0) is 12.7. The highest BCUT2D eigenvalue weighted by atomic mass is 32.2. The minimum Gasteiger partial charge on any atom is -0.324 e. The van der Waals surface area contributed by atoms with Crippen LogP contribution in [0.3, 0.4) is 0 Å². The second kappa shape index (κ2) is 4.17. The smallest absolute Gasteiger partial charge is 0.234 e. The zero-order valence-electron chi connectivity index (χ0n) is 10.2. The molecule has 0 spiro atoms. The molecule has 0 saturated carbocycles. The summed E-state index contributed by atoms with van der Waals surface area (Å²) in [4.78, 5) is 12.5. The molecule has 1 N–H and O–H groups in total. The molecule has 0 fully saturated rings. The van der Waals surface area contributed by atoms with Crippen molar-refractivity contribution in [3.63, 3.8) is 0 Å². The van der Waals surface area contributed by atoms with Gasteiger partial charge in [0, 0.05) is 17.5 Å². The molecule has 2 aromatic rings. The molecule has 1 aromatic heterocycles. The van der Waals surface area contributed by atoms with Crippen molar-refractivity contribution in [1.82, 2.24) is 9.78 Å². The van der Waals surface area contributed by atoms with E-state index in [9.17, 15) is 4.79 Å². The summed E-state index contributed by atoms with van der Waals surface area (Å²) >= 11 is 1.58. The summed E-state index contributed by atoms with van der Waals surface area (Å²) < 4.78 is 1.86. The number of hydrogen-bond acceptors (Lipinski definition) is 3. The first-order chi connectivity index (χ1) is 8.63. The molecular weight excluding hydrogens is 246 g/mol. The van der Waals surface area contributed by atoms with Crippen LogP contribution in [0.15, 0.2) is 29.2 Å². The molecule has 0 radical (unpaired) electrons. The van der Waals surface area contributed by atoms with Crippen LogP contribution < -0.4 is 5.32 Å². The number of benzene rings is 1. The number of nitrogens with one attached hydrogen (secondary N) is 1. The van der Waals surface area contributed by atoms with Crippen LogP contribution in [0, 0.1) is 6.92 Å². The number of fused-ring (bicyclic) bond motifs is 1. The van der Waals surface area contributed by atoms with Gasteiger partial charge in [0.2, 0.25) is 5.91 Å². The van der Waals surface area contributed by atoms with Crippen LogP contribution in [-0.4, -0.2) is 21.4 Å². The van der Waals surface area contributed by atoms with Crippen LogP contribution in [0.5, 0.6) is 0 Å². The number of thioether (sulfide) groups is 1. The molecule has 2 heterocycles. The van der Waals surface area contributed by atoms with E-state index in [4.69, 9.17) is 0 Å². The Morgan fingerprint density at radius 1 is 1.39 bits per heavy atom. The van der Waals surface area contributed by atoms with Gasteiger partial charge in [-0.2, -0.15) is 5.10 Å². The van der Waals surface area contributed by atoms with Crippen molar-refractivity contribution in [2.45, 2.75) is 11.8 Å². The van der Waals surface area contributed by atoms with Crippen LogP contribution in [0.2, 0.25) is 0 Å². The molecule has 92 valence electrons. The monoisotopic (exact) mass is 259 g/mol. The number of carbonyl (C=O) groups is 1. The largest absolute Gasteiger partial charge is 0.324 e. The molecule has 18 heavy (non-hydrogen) atoms. The average molecular weight is 259 g/mol. The van der Waals surface area contributed by atoms with Gasteiger partial charge in [-0.25, -0.2) is 0 Å². The first-order valence-electron chi connectivity index (χ1n) is 5.71. The van der Waals surface area contributed by atoms with Gasteiger partial charge in [-0.1, -0.05) is 6.07 Å². The Morgan fingerprint density at radius 3 is 2.94 bits per heavy atom. The highest BCUT2D eigenvalue weighted by molar-refractivity contribution is 8.00. The van der Waals surface area contributed by atoms with Gasteiger partial charge < -0.3 is 5.32 Å². The van der Waals surface area contributed by atoms with Gasteiger partial charge in [0.25, 0.3) is 0 Å². The maximum atomic E-state index is 11.4. The van der Waals surface area contributed by atoms with Gasteiger partial charge in [-0.05, 0) is 25.1 Å². The van der Waals surface area contributed by atoms with Crippen molar-refractivity contribution < 1.29 is 4.79 Å². The molecular formula is C13H13N3OS.